The number of nitrogens with zero attached hydrogens (tertiary/aromatic N) is 1. The summed E-state index contributed by atoms with van der Waals surface area (Å²) >= 11 is 0. The van der Waals surface area contributed by atoms with E-state index in [1.165, 1.54) is 4.31 Å². The fraction of sp³-hybridized carbons (Fsp3) is 0.571. The van der Waals surface area contributed by atoms with Crippen molar-refractivity contribution in [3.8, 4) is 0 Å². The van der Waals surface area contributed by atoms with Gasteiger partial charge in [0.05, 0.1) is 11.5 Å². The van der Waals surface area contributed by atoms with Crippen LogP contribution in [-0.4, -0.2) is 51.2 Å². The van der Waals surface area contributed by atoms with Gasteiger partial charge in [0.1, 0.15) is 0 Å². The molecule has 0 bridgehead atoms. The van der Waals surface area contributed by atoms with Crippen LogP contribution in [0.25, 0.3) is 0 Å². The summed E-state index contributed by atoms with van der Waals surface area (Å²) in [5.74, 6) is 0. The van der Waals surface area contributed by atoms with Crippen LogP contribution in [0, 0.1) is 13.8 Å². The summed E-state index contributed by atoms with van der Waals surface area (Å²) in [5, 5.41) is 9.06. The second-order valence-corrected chi connectivity index (χ2v) is 6.66. The smallest absolute Gasteiger partial charge is 0.243 e. The lowest BCUT2D eigenvalue weighted by atomic mass is 10.1. The number of aliphatic hydroxyl groups excluding tert-OH is 1. The molecule has 1 N–H and O–H groups in total. The minimum absolute atomic E-state index is 0.0962. The number of benzene rings is 1. The molecule has 0 amide bonds. The SMILES string of the molecule is COCCCN(CCO)S(=O)(=O)c1ccc(C)c(C)c1. The molecule has 20 heavy (non-hydrogen) atoms. The van der Waals surface area contributed by atoms with Crippen molar-refractivity contribution in [3.63, 3.8) is 0 Å². The van der Waals surface area contributed by atoms with E-state index in [0.717, 1.165) is 11.1 Å². The molecule has 1 aromatic rings. The molecule has 6 heteroatoms. The van der Waals surface area contributed by atoms with Gasteiger partial charge in [-0.2, -0.15) is 4.31 Å². The summed E-state index contributed by atoms with van der Waals surface area (Å²) in [5.41, 5.74) is 1.99. The van der Waals surface area contributed by atoms with Crippen LogP contribution in [-0.2, 0) is 14.8 Å². The molecule has 0 atom stereocenters. The second kappa shape index (κ2) is 7.73. The Bertz CT molecular complexity index is 528. The molecule has 0 spiro atoms. The van der Waals surface area contributed by atoms with Crippen LogP contribution in [0.4, 0.5) is 0 Å². The Morgan fingerprint density at radius 2 is 1.90 bits per heavy atom. The topological polar surface area (TPSA) is 66.8 Å². The van der Waals surface area contributed by atoms with E-state index >= 15 is 0 Å². The van der Waals surface area contributed by atoms with Crippen molar-refractivity contribution < 1.29 is 18.3 Å². The monoisotopic (exact) mass is 301 g/mol. The Morgan fingerprint density at radius 1 is 1.20 bits per heavy atom. The largest absolute Gasteiger partial charge is 0.395 e. The van der Waals surface area contributed by atoms with Gasteiger partial charge in [0, 0.05) is 26.8 Å². The maximum atomic E-state index is 12.6. The zero-order valence-corrected chi connectivity index (χ0v) is 13.1. The molecule has 0 heterocycles. The quantitative estimate of drug-likeness (QED) is 0.736. The summed E-state index contributed by atoms with van der Waals surface area (Å²) < 4.78 is 31.3. The van der Waals surface area contributed by atoms with Crippen LogP contribution in [0.3, 0.4) is 0 Å². The van der Waals surface area contributed by atoms with Gasteiger partial charge in [-0.25, -0.2) is 8.42 Å². The molecule has 0 saturated heterocycles. The minimum atomic E-state index is -3.57. The van der Waals surface area contributed by atoms with E-state index in [0.29, 0.717) is 19.6 Å². The predicted octanol–water partition coefficient (Wildman–Crippen LogP) is 1.32. The maximum absolute atomic E-state index is 12.6. The first-order chi connectivity index (χ1) is 9.43. The first-order valence-corrected chi connectivity index (χ1v) is 8.04. The van der Waals surface area contributed by atoms with E-state index in [4.69, 9.17) is 9.84 Å². The third-order valence-electron chi connectivity index (χ3n) is 3.22. The van der Waals surface area contributed by atoms with Crippen molar-refractivity contribution in [3.05, 3.63) is 29.3 Å². The lowest BCUT2D eigenvalue weighted by molar-refractivity contribution is 0.182. The van der Waals surface area contributed by atoms with E-state index in [1.54, 1.807) is 25.3 Å². The van der Waals surface area contributed by atoms with Gasteiger partial charge in [-0.3, -0.25) is 0 Å². The van der Waals surface area contributed by atoms with Gasteiger partial charge in [-0.05, 0) is 43.5 Å². The molecular weight excluding hydrogens is 278 g/mol. The summed E-state index contributed by atoms with van der Waals surface area (Å²) in [4.78, 5) is 0.270. The molecule has 0 aliphatic heterocycles. The molecule has 0 fully saturated rings. The Balaban J connectivity index is 2.99. The fourth-order valence-electron chi connectivity index (χ4n) is 1.87. The number of hydrogen-bond donors (Lipinski definition) is 1. The van der Waals surface area contributed by atoms with E-state index in [1.807, 2.05) is 13.8 Å². The highest BCUT2D eigenvalue weighted by Crippen LogP contribution is 2.19. The molecule has 0 radical (unpaired) electrons. The van der Waals surface area contributed by atoms with Crippen LogP contribution in [0.1, 0.15) is 17.5 Å². The van der Waals surface area contributed by atoms with Gasteiger partial charge in [-0.15, -0.1) is 0 Å². The van der Waals surface area contributed by atoms with Crippen molar-refractivity contribution in [2.75, 3.05) is 33.4 Å². The molecule has 1 rings (SSSR count). The summed E-state index contributed by atoms with van der Waals surface area (Å²) in [6.07, 6.45) is 0.598. The molecule has 0 aliphatic carbocycles. The van der Waals surface area contributed by atoms with Crippen molar-refractivity contribution >= 4 is 10.0 Å². The standard InChI is InChI=1S/C14H23NO4S/c1-12-5-6-14(11-13(12)2)20(17,18)15(8-9-16)7-4-10-19-3/h5-6,11,16H,4,7-10H2,1-3H3. The number of ether oxygens (including phenoxy) is 1. The van der Waals surface area contributed by atoms with Crippen LogP contribution >= 0.6 is 0 Å². The molecule has 1 aromatic carbocycles. The normalized spacial score (nSPS) is 12.1. The number of hydrogen-bond acceptors (Lipinski definition) is 4. The van der Waals surface area contributed by atoms with Gasteiger partial charge in [0.25, 0.3) is 0 Å². The number of rotatable bonds is 8. The summed E-state index contributed by atoms with van der Waals surface area (Å²) in [6.45, 7) is 4.55. The first kappa shape index (κ1) is 17.1. The average Bonchev–Trinajstić information content (AvgIpc) is 2.41. The molecule has 0 aliphatic rings. The first-order valence-electron chi connectivity index (χ1n) is 6.60. The zero-order chi connectivity index (χ0) is 15.2. The molecular formula is C14H23NO4S. The van der Waals surface area contributed by atoms with E-state index in [2.05, 4.69) is 0 Å². The Labute approximate surface area is 121 Å². The molecule has 5 nitrogen and oxygen atoms in total. The Morgan fingerprint density at radius 3 is 2.45 bits per heavy atom. The Kier molecular flexibility index (Phi) is 6.61. The van der Waals surface area contributed by atoms with Gasteiger partial charge in [0.15, 0.2) is 0 Å². The molecule has 0 unspecified atom stereocenters. The van der Waals surface area contributed by atoms with E-state index < -0.39 is 10.0 Å². The second-order valence-electron chi connectivity index (χ2n) is 4.72. The maximum Gasteiger partial charge on any atom is 0.243 e. The predicted molar refractivity (Wildman–Crippen MR) is 78.3 cm³/mol. The zero-order valence-electron chi connectivity index (χ0n) is 12.3. The van der Waals surface area contributed by atoms with Crippen LogP contribution in [0.15, 0.2) is 23.1 Å². The van der Waals surface area contributed by atoms with E-state index in [-0.39, 0.29) is 18.0 Å². The fourth-order valence-corrected chi connectivity index (χ4v) is 3.43. The van der Waals surface area contributed by atoms with Gasteiger partial charge < -0.3 is 9.84 Å². The van der Waals surface area contributed by atoms with Crippen LogP contribution in [0.5, 0.6) is 0 Å². The number of aryl methyl sites for hydroxylation is 2. The molecule has 0 saturated carbocycles. The third kappa shape index (κ3) is 4.28. The molecule has 0 aromatic heterocycles. The lowest BCUT2D eigenvalue weighted by Crippen LogP contribution is -2.35. The van der Waals surface area contributed by atoms with Crippen molar-refractivity contribution in [2.24, 2.45) is 0 Å². The molecule has 114 valence electrons. The van der Waals surface area contributed by atoms with Gasteiger partial charge in [-0.1, -0.05) is 6.07 Å². The lowest BCUT2D eigenvalue weighted by Gasteiger charge is -2.21. The van der Waals surface area contributed by atoms with Crippen LogP contribution < -0.4 is 0 Å². The van der Waals surface area contributed by atoms with Crippen molar-refractivity contribution in [1.29, 1.82) is 0 Å². The number of methoxy groups -OCH3 is 1. The highest BCUT2D eigenvalue weighted by Gasteiger charge is 2.23. The van der Waals surface area contributed by atoms with Gasteiger partial charge >= 0.3 is 0 Å². The number of aliphatic hydroxyl groups is 1. The highest BCUT2D eigenvalue weighted by molar-refractivity contribution is 7.89. The highest BCUT2D eigenvalue weighted by atomic mass is 32.2. The Hall–Kier alpha value is -0.950. The summed E-state index contributed by atoms with van der Waals surface area (Å²) in [6, 6.07) is 5.08. The summed E-state index contributed by atoms with van der Waals surface area (Å²) in [7, 11) is -1.99. The van der Waals surface area contributed by atoms with Crippen molar-refractivity contribution in [2.45, 2.75) is 25.2 Å². The average molecular weight is 301 g/mol. The van der Waals surface area contributed by atoms with Crippen LogP contribution in [0.2, 0.25) is 0 Å². The minimum Gasteiger partial charge on any atom is -0.395 e. The van der Waals surface area contributed by atoms with Crippen molar-refractivity contribution in [1.82, 2.24) is 4.31 Å². The number of sulfonamides is 1. The van der Waals surface area contributed by atoms with Gasteiger partial charge in [0.2, 0.25) is 10.0 Å². The van der Waals surface area contributed by atoms with E-state index in [9.17, 15) is 8.42 Å². The third-order valence-corrected chi connectivity index (χ3v) is 5.12.